The van der Waals surface area contributed by atoms with Gasteiger partial charge in [-0.1, -0.05) is 48.5 Å². The van der Waals surface area contributed by atoms with Gasteiger partial charge in [-0.2, -0.15) is 13.2 Å². The minimum absolute atomic E-state index is 0.0168. The number of nitrogens with zero attached hydrogens (tertiary/aromatic N) is 5. The third-order valence-electron chi connectivity index (χ3n) is 8.02. The fraction of sp³-hybridized carbons (Fsp3) is 0.382. The molecule has 1 fully saturated rings. The molecule has 0 saturated carbocycles. The number of benzene rings is 2. The molecule has 3 N–H and O–H groups in total. The minimum Gasteiger partial charge on any atom is -0.390 e. The van der Waals surface area contributed by atoms with E-state index in [0.29, 0.717) is 12.1 Å². The molecule has 1 aliphatic rings. The third kappa shape index (κ3) is 8.74. The van der Waals surface area contributed by atoms with Crippen molar-refractivity contribution in [2.24, 2.45) is 0 Å². The molecule has 0 radical (unpaired) electrons. The first-order valence-electron chi connectivity index (χ1n) is 15.6. The standard InChI is InChI=1S/C34H38F3N7O3S/c1-21-20-48-31(39-21)28-13-8-14-44(28)32(47)27-17-26(41-33(42-27)43(2)3)30(46)40-25(16-22-9-5-4-6-10-22)29(45)19-38-18-23-11-7-12-24(15-23)34(35,36)37/h4-7,9-12,15,17,20,25,28-29,38,45H,8,13-14,16,18-19H2,1-3H3,(H,40,46). The molecule has 4 aromatic rings. The van der Waals surface area contributed by atoms with Crippen molar-refractivity contribution >= 4 is 29.1 Å². The average molecular weight is 682 g/mol. The van der Waals surface area contributed by atoms with E-state index in [9.17, 15) is 27.9 Å². The number of carbonyl (C=O) groups excluding carboxylic acids is 2. The highest BCUT2D eigenvalue weighted by molar-refractivity contribution is 7.09. The van der Waals surface area contributed by atoms with E-state index in [0.717, 1.165) is 41.2 Å². The van der Waals surface area contributed by atoms with Crippen molar-refractivity contribution < 1.29 is 27.9 Å². The van der Waals surface area contributed by atoms with Crippen LogP contribution in [0, 0.1) is 6.92 Å². The number of alkyl halides is 3. The van der Waals surface area contributed by atoms with Crippen molar-refractivity contribution in [2.45, 2.75) is 57.1 Å². The molecule has 1 aliphatic heterocycles. The lowest BCUT2D eigenvalue weighted by Crippen LogP contribution is -2.49. The second kappa shape index (κ2) is 15.2. The molecular weight excluding hydrogens is 643 g/mol. The summed E-state index contributed by atoms with van der Waals surface area (Å²) in [6.45, 7) is 2.50. The molecule has 0 aliphatic carbocycles. The largest absolute Gasteiger partial charge is 0.416 e. The van der Waals surface area contributed by atoms with Gasteiger partial charge in [0.15, 0.2) is 0 Å². The molecule has 5 rings (SSSR count). The van der Waals surface area contributed by atoms with E-state index in [1.807, 2.05) is 42.6 Å². The maximum Gasteiger partial charge on any atom is 0.416 e. The molecule has 48 heavy (non-hydrogen) atoms. The van der Waals surface area contributed by atoms with E-state index in [1.165, 1.54) is 23.5 Å². The molecule has 3 atom stereocenters. The summed E-state index contributed by atoms with van der Waals surface area (Å²) in [6, 6.07) is 14.6. The van der Waals surface area contributed by atoms with Crippen molar-refractivity contribution in [3.05, 3.63) is 105 Å². The van der Waals surface area contributed by atoms with Gasteiger partial charge in [-0.15, -0.1) is 11.3 Å². The Kier molecular flexibility index (Phi) is 11.1. The summed E-state index contributed by atoms with van der Waals surface area (Å²) in [5.41, 5.74) is 1.42. The summed E-state index contributed by atoms with van der Waals surface area (Å²) >= 11 is 1.51. The number of aliphatic hydroxyl groups excluding tert-OH is 1. The summed E-state index contributed by atoms with van der Waals surface area (Å²) in [7, 11) is 3.42. The predicted octanol–water partition coefficient (Wildman–Crippen LogP) is 4.80. The smallest absolute Gasteiger partial charge is 0.390 e. The Hall–Kier alpha value is -4.40. The van der Waals surface area contributed by atoms with Crippen LogP contribution in [0.3, 0.4) is 0 Å². The highest BCUT2D eigenvalue weighted by Crippen LogP contribution is 2.35. The molecular formula is C34H38F3N7O3S. The molecule has 0 bridgehead atoms. The van der Waals surface area contributed by atoms with E-state index in [1.54, 1.807) is 30.0 Å². The minimum atomic E-state index is -4.46. The van der Waals surface area contributed by atoms with Crippen LogP contribution in [0.15, 0.2) is 66.0 Å². The summed E-state index contributed by atoms with van der Waals surface area (Å²) in [5, 5.41) is 19.9. The number of aliphatic hydroxyl groups is 1. The van der Waals surface area contributed by atoms with Gasteiger partial charge in [-0.25, -0.2) is 15.0 Å². The summed E-state index contributed by atoms with van der Waals surface area (Å²) in [6.07, 6.45) is -3.73. The maximum atomic E-state index is 13.8. The zero-order valence-corrected chi connectivity index (χ0v) is 27.7. The molecule has 2 aromatic heterocycles. The monoisotopic (exact) mass is 681 g/mol. The number of rotatable bonds is 12. The first-order valence-corrected chi connectivity index (χ1v) is 16.5. The normalized spacial score (nSPS) is 16.1. The number of anilines is 1. The molecule has 2 aromatic carbocycles. The van der Waals surface area contributed by atoms with Gasteiger partial charge in [0.05, 0.1) is 23.8 Å². The van der Waals surface area contributed by atoms with Crippen LogP contribution in [-0.4, -0.2) is 76.1 Å². The van der Waals surface area contributed by atoms with E-state index in [2.05, 4.69) is 25.6 Å². The lowest BCUT2D eigenvalue weighted by atomic mass is 10.0. The van der Waals surface area contributed by atoms with Crippen LogP contribution in [0.4, 0.5) is 19.1 Å². The van der Waals surface area contributed by atoms with Crippen LogP contribution in [0.2, 0.25) is 0 Å². The number of thiazole rings is 1. The highest BCUT2D eigenvalue weighted by atomic mass is 32.1. The van der Waals surface area contributed by atoms with Crippen LogP contribution in [0.1, 0.15) is 67.3 Å². The lowest BCUT2D eigenvalue weighted by Gasteiger charge is -2.25. The van der Waals surface area contributed by atoms with Crippen LogP contribution in [0.25, 0.3) is 0 Å². The topological polar surface area (TPSA) is 124 Å². The zero-order valence-electron chi connectivity index (χ0n) is 26.9. The van der Waals surface area contributed by atoms with Gasteiger partial charge in [0.1, 0.15) is 16.4 Å². The van der Waals surface area contributed by atoms with Gasteiger partial charge < -0.3 is 25.5 Å². The van der Waals surface area contributed by atoms with Crippen molar-refractivity contribution in [3.63, 3.8) is 0 Å². The number of aryl methyl sites for hydroxylation is 1. The van der Waals surface area contributed by atoms with Gasteiger partial charge in [0.2, 0.25) is 5.95 Å². The van der Waals surface area contributed by atoms with Gasteiger partial charge in [-0.3, -0.25) is 9.59 Å². The van der Waals surface area contributed by atoms with Crippen molar-refractivity contribution in [3.8, 4) is 0 Å². The Morgan fingerprint density at radius 1 is 1.04 bits per heavy atom. The number of likely N-dealkylation sites (tertiary alicyclic amines) is 1. The number of aromatic nitrogens is 3. The SMILES string of the molecule is Cc1csc(C2CCCN2C(=O)c2cc(C(=O)NC(Cc3ccccc3)C(O)CNCc3cccc(C(F)(F)F)c3)nc(N(C)C)n2)n1. The average Bonchev–Trinajstić information content (AvgIpc) is 3.73. The van der Waals surface area contributed by atoms with Crippen LogP contribution >= 0.6 is 11.3 Å². The molecule has 1 saturated heterocycles. The molecule has 0 spiro atoms. The van der Waals surface area contributed by atoms with Gasteiger partial charge >= 0.3 is 6.18 Å². The number of hydrogen-bond donors (Lipinski definition) is 3. The van der Waals surface area contributed by atoms with Crippen molar-refractivity contribution in [1.82, 2.24) is 30.5 Å². The van der Waals surface area contributed by atoms with Crippen LogP contribution in [0.5, 0.6) is 0 Å². The number of carbonyl (C=O) groups is 2. The van der Waals surface area contributed by atoms with E-state index < -0.39 is 29.8 Å². The second-order valence-corrected chi connectivity index (χ2v) is 12.9. The summed E-state index contributed by atoms with van der Waals surface area (Å²) < 4.78 is 39.5. The van der Waals surface area contributed by atoms with E-state index in [-0.39, 0.29) is 48.8 Å². The lowest BCUT2D eigenvalue weighted by molar-refractivity contribution is -0.137. The van der Waals surface area contributed by atoms with E-state index in [4.69, 9.17) is 0 Å². The number of halogens is 3. The van der Waals surface area contributed by atoms with Crippen molar-refractivity contribution in [2.75, 3.05) is 32.1 Å². The molecule has 10 nitrogen and oxygen atoms in total. The Morgan fingerprint density at radius 3 is 2.46 bits per heavy atom. The zero-order chi connectivity index (χ0) is 34.4. The van der Waals surface area contributed by atoms with Gasteiger partial charge in [-0.05, 0) is 43.4 Å². The highest BCUT2D eigenvalue weighted by Gasteiger charge is 2.34. The molecule has 2 amide bonds. The Balaban J connectivity index is 1.34. The fourth-order valence-electron chi connectivity index (χ4n) is 5.56. The van der Waals surface area contributed by atoms with Gasteiger partial charge in [0, 0.05) is 50.9 Å². The molecule has 3 unspecified atom stereocenters. The first-order chi connectivity index (χ1) is 22.9. The second-order valence-electron chi connectivity index (χ2n) is 12.0. The number of amides is 2. The quantitative estimate of drug-likeness (QED) is 0.195. The third-order valence-corrected chi connectivity index (χ3v) is 9.08. The van der Waals surface area contributed by atoms with Crippen LogP contribution < -0.4 is 15.5 Å². The number of nitrogens with one attached hydrogen (secondary N) is 2. The van der Waals surface area contributed by atoms with Crippen LogP contribution in [-0.2, 0) is 19.1 Å². The Bertz CT molecular complexity index is 1720. The summed E-state index contributed by atoms with van der Waals surface area (Å²) in [4.78, 5) is 44.4. The van der Waals surface area contributed by atoms with E-state index >= 15 is 0 Å². The molecule has 254 valence electrons. The number of hydrogen-bond acceptors (Lipinski definition) is 9. The fourth-order valence-corrected chi connectivity index (χ4v) is 6.50. The Labute approximate surface area is 281 Å². The molecule has 3 heterocycles. The van der Waals surface area contributed by atoms with Crippen molar-refractivity contribution in [1.29, 1.82) is 0 Å². The summed E-state index contributed by atoms with van der Waals surface area (Å²) in [5.74, 6) is -0.764. The first kappa shape index (κ1) is 34.9. The van der Waals surface area contributed by atoms with Gasteiger partial charge in [0.25, 0.3) is 11.8 Å². The molecule has 14 heteroatoms. The predicted molar refractivity (Wildman–Crippen MR) is 177 cm³/mol. The Morgan fingerprint density at radius 2 is 1.77 bits per heavy atom. The maximum absolute atomic E-state index is 13.8.